The molecule has 1 unspecified atom stereocenters. The molecule has 0 aliphatic carbocycles. The zero-order valence-corrected chi connectivity index (χ0v) is 11.5. The van der Waals surface area contributed by atoms with Crippen LogP contribution < -0.4 is 0 Å². The summed E-state index contributed by atoms with van der Waals surface area (Å²) in [5, 5.41) is 9.05. The number of aliphatic hydroxyl groups excluding tert-OH is 1. The van der Waals surface area contributed by atoms with Gasteiger partial charge in [-0.2, -0.15) is 8.42 Å². The molecule has 0 spiro atoms. The van der Waals surface area contributed by atoms with Crippen molar-refractivity contribution < 1.29 is 27.2 Å². The normalized spacial score (nSPS) is 13.4. The third-order valence-corrected chi connectivity index (χ3v) is 3.58. The van der Waals surface area contributed by atoms with Gasteiger partial charge in [0.2, 0.25) is 0 Å². The number of hydrogen-bond acceptors (Lipinski definition) is 6. The van der Waals surface area contributed by atoms with E-state index in [1.165, 1.54) is 19.2 Å². The lowest BCUT2D eigenvalue weighted by Gasteiger charge is -2.15. The highest BCUT2D eigenvalue weighted by molar-refractivity contribution is 7.86. The molecular weight excluding hydrogens is 272 g/mol. The standard InChI is InChI=1S/C12H18O6S/c1-16-7-8-17-11(9-13)10-18-19(14,15)12-5-3-2-4-6-12/h2-6,11,13H,7-10H2,1H3. The van der Waals surface area contributed by atoms with E-state index in [2.05, 4.69) is 0 Å². The molecule has 1 rings (SSSR count). The van der Waals surface area contributed by atoms with Crippen molar-refractivity contribution in [2.24, 2.45) is 0 Å². The van der Waals surface area contributed by atoms with Gasteiger partial charge in [-0.05, 0) is 12.1 Å². The summed E-state index contributed by atoms with van der Waals surface area (Å²) < 4.78 is 38.4. The van der Waals surface area contributed by atoms with Crippen molar-refractivity contribution >= 4 is 10.1 Å². The highest BCUT2D eigenvalue weighted by Crippen LogP contribution is 2.11. The highest BCUT2D eigenvalue weighted by Gasteiger charge is 2.18. The Kier molecular flexibility index (Phi) is 6.96. The Morgan fingerprint density at radius 2 is 1.89 bits per heavy atom. The minimum atomic E-state index is -3.82. The van der Waals surface area contributed by atoms with Crippen molar-refractivity contribution in [2.75, 3.05) is 33.5 Å². The van der Waals surface area contributed by atoms with Gasteiger partial charge in [0.15, 0.2) is 0 Å². The number of rotatable bonds is 9. The number of benzene rings is 1. The Bertz CT molecular complexity index is 445. The Balaban J connectivity index is 2.50. The topological polar surface area (TPSA) is 82.1 Å². The van der Waals surface area contributed by atoms with Crippen LogP contribution in [-0.4, -0.2) is 53.2 Å². The molecule has 0 bridgehead atoms. The van der Waals surface area contributed by atoms with Gasteiger partial charge in [0.25, 0.3) is 10.1 Å². The fraction of sp³-hybridized carbons (Fsp3) is 0.500. The number of aliphatic hydroxyl groups is 1. The molecule has 0 saturated carbocycles. The van der Waals surface area contributed by atoms with E-state index >= 15 is 0 Å². The van der Waals surface area contributed by atoms with Crippen LogP contribution in [0.4, 0.5) is 0 Å². The maximum Gasteiger partial charge on any atom is 0.297 e. The lowest BCUT2D eigenvalue weighted by atomic mass is 10.4. The predicted molar refractivity (Wildman–Crippen MR) is 68.3 cm³/mol. The van der Waals surface area contributed by atoms with E-state index < -0.39 is 16.2 Å². The lowest BCUT2D eigenvalue weighted by molar-refractivity contribution is -0.0304. The minimum Gasteiger partial charge on any atom is -0.394 e. The van der Waals surface area contributed by atoms with Crippen molar-refractivity contribution in [2.45, 2.75) is 11.0 Å². The second kappa shape index (κ2) is 8.23. The maximum absolute atomic E-state index is 11.8. The Morgan fingerprint density at radius 3 is 2.47 bits per heavy atom. The van der Waals surface area contributed by atoms with Crippen LogP contribution in [0.2, 0.25) is 0 Å². The average molecular weight is 290 g/mol. The summed E-state index contributed by atoms with van der Waals surface area (Å²) >= 11 is 0. The van der Waals surface area contributed by atoms with Gasteiger partial charge >= 0.3 is 0 Å². The summed E-state index contributed by atoms with van der Waals surface area (Å²) in [5.74, 6) is 0. The second-order valence-electron chi connectivity index (χ2n) is 3.72. The van der Waals surface area contributed by atoms with E-state index in [1.54, 1.807) is 18.2 Å². The molecule has 0 aliphatic rings. The van der Waals surface area contributed by atoms with Crippen molar-refractivity contribution in [1.82, 2.24) is 0 Å². The smallest absolute Gasteiger partial charge is 0.297 e. The van der Waals surface area contributed by atoms with Crippen LogP contribution in [0.1, 0.15) is 0 Å². The third-order valence-electron chi connectivity index (χ3n) is 2.29. The predicted octanol–water partition coefficient (Wildman–Crippen LogP) is 0.416. The van der Waals surface area contributed by atoms with Crippen LogP contribution in [0.5, 0.6) is 0 Å². The van der Waals surface area contributed by atoms with Gasteiger partial charge in [0.1, 0.15) is 6.10 Å². The first kappa shape index (κ1) is 16.1. The van der Waals surface area contributed by atoms with Crippen LogP contribution in [0.15, 0.2) is 35.2 Å². The molecule has 0 fully saturated rings. The van der Waals surface area contributed by atoms with Crippen LogP contribution in [0, 0.1) is 0 Å². The first-order valence-corrected chi connectivity index (χ1v) is 7.17. The molecule has 1 N–H and O–H groups in total. The van der Waals surface area contributed by atoms with Gasteiger partial charge in [-0.3, -0.25) is 4.18 Å². The minimum absolute atomic E-state index is 0.0728. The van der Waals surface area contributed by atoms with Gasteiger partial charge in [-0.1, -0.05) is 18.2 Å². The van der Waals surface area contributed by atoms with E-state index in [1.807, 2.05) is 0 Å². The van der Waals surface area contributed by atoms with Crippen LogP contribution in [-0.2, 0) is 23.8 Å². The van der Waals surface area contributed by atoms with Crippen molar-refractivity contribution in [3.8, 4) is 0 Å². The summed E-state index contributed by atoms with van der Waals surface area (Å²) in [4.78, 5) is 0.0728. The van der Waals surface area contributed by atoms with E-state index in [9.17, 15) is 8.42 Å². The van der Waals surface area contributed by atoms with Gasteiger partial charge in [0, 0.05) is 7.11 Å². The van der Waals surface area contributed by atoms with E-state index in [4.69, 9.17) is 18.8 Å². The zero-order chi connectivity index (χ0) is 14.1. The first-order valence-electron chi connectivity index (χ1n) is 5.76. The monoisotopic (exact) mass is 290 g/mol. The molecule has 0 heterocycles. The quantitative estimate of drug-likeness (QED) is 0.524. The van der Waals surface area contributed by atoms with Gasteiger partial charge in [-0.15, -0.1) is 0 Å². The fourth-order valence-electron chi connectivity index (χ4n) is 1.27. The van der Waals surface area contributed by atoms with E-state index in [0.29, 0.717) is 6.61 Å². The third kappa shape index (κ3) is 5.66. The zero-order valence-electron chi connectivity index (χ0n) is 10.7. The molecule has 1 aromatic carbocycles. The van der Waals surface area contributed by atoms with Crippen LogP contribution >= 0.6 is 0 Å². The highest BCUT2D eigenvalue weighted by atomic mass is 32.2. The van der Waals surface area contributed by atoms with E-state index in [0.717, 1.165) is 0 Å². The molecule has 0 amide bonds. The molecule has 1 aromatic rings. The number of methoxy groups -OCH3 is 1. The SMILES string of the molecule is COCCOC(CO)COS(=O)(=O)c1ccccc1. The van der Waals surface area contributed by atoms with Gasteiger partial charge < -0.3 is 14.6 Å². The largest absolute Gasteiger partial charge is 0.394 e. The molecule has 1 atom stereocenters. The molecule has 0 saturated heterocycles. The first-order chi connectivity index (χ1) is 9.10. The molecular formula is C12H18O6S. The van der Waals surface area contributed by atoms with Crippen molar-refractivity contribution in [1.29, 1.82) is 0 Å². The summed E-state index contributed by atoms with van der Waals surface area (Å²) in [6.07, 6.45) is -0.700. The van der Waals surface area contributed by atoms with Gasteiger partial charge in [-0.25, -0.2) is 0 Å². The van der Waals surface area contributed by atoms with Crippen molar-refractivity contribution in [3.63, 3.8) is 0 Å². The number of ether oxygens (including phenoxy) is 2. The fourth-order valence-corrected chi connectivity index (χ4v) is 2.23. The molecule has 108 valence electrons. The molecule has 6 nitrogen and oxygen atoms in total. The van der Waals surface area contributed by atoms with Gasteiger partial charge in [0.05, 0.1) is 31.3 Å². The van der Waals surface area contributed by atoms with Crippen LogP contribution in [0.3, 0.4) is 0 Å². The Labute approximate surface area is 113 Å². The molecule has 0 aliphatic heterocycles. The second-order valence-corrected chi connectivity index (χ2v) is 5.34. The van der Waals surface area contributed by atoms with Crippen molar-refractivity contribution in [3.05, 3.63) is 30.3 Å². The van der Waals surface area contributed by atoms with E-state index in [-0.39, 0.29) is 24.7 Å². The summed E-state index contributed by atoms with van der Waals surface area (Å²) in [6.45, 7) is 0.0594. The Morgan fingerprint density at radius 1 is 1.21 bits per heavy atom. The summed E-state index contributed by atoms with van der Waals surface area (Å²) in [6, 6.07) is 7.80. The molecule has 0 radical (unpaired) electrons. The number of hydrogen-bond donors (Lipinski definition) is 1. The molecule has 0 aromatic heterocycles. The average Bonchev–Trinajstić information content (AvgIpc) is 2.43. The maximum atomic E-state index is 11.8. The summed E-state index contributed by atoms with van der Waals surface area (Å²) in [5.41, 5.74) is 0. The Hall–Kier alpha value is -0.990. The molecule has 19 heavy (non-hydrogen) atoms. The lowest BCUT2D eigenvalue weighted by Crippen LogP contribution is -2.27. The van der Waals surface area contributed by atoms with Crippen LogP contribution in [0.25, 0.3) is 0 Å². The summed E-state index contributed by atoms with van der Waals surface area (Å²) in [7, 11) is -2.30. The molecule has 7 heteroatoms.